The molecule has 2 N–H and O–H groups in total. The Balaban J connectivity index is 3.41. The zero-order valence-electron chi connectivity index (χ0n) is 9.71. The highest BCUT2D eigenvalue weighted by Crippen LogP contribution is 2.33. The number of ether oxygens (including phenoxy) is 1. The number of methoxy groups -OCH3 is 1. The fourth-order valence-electron chi connectivity index (χ4n) is 1.59. The van der Waals surface area contributed by atoms with Crippen molar-refractivity contribution >= 4 is 21.7 Å². The zero-order chi connectivity index (χ0) is 12.3. The number of hydrogen-bond donors (Lipinski definition) is 1. The van der Waals surface area contributed by atoms with Crippen LogP contribution in [0, 0.1) is 0 Å². The molecule has 0 heterocycles. The molecule has 0 unspecified atom stereocenters. The SMILES string of the molecule is COc1c(C(=O)CN)cc(Br)cc1C(C)C. The van der Waals surface area contributed by atoms with Gasteiger partial charge in [0.05, 0.1) is 19.2 Å². The molecule has 1 rings (SSSR count). The number of nitrogens with two attached hydrogens (primary N) is 1. The van der Waals surface area contributed by atoms with Crippen LogP contribution in [0.15, 0.2) is 16.6 Å². The second-order valence-electron chi connectivity index (χ2n) is 3.86. The highest BCUT2D eigenvalue weighted by atomic mass is 79.9. The van der Waals surface area contributed by atoms with Gasteiger partial charge in [0.1, 0.15) is 5.75 Å². The van der Waals surface area contributed by atoms with E-state index in [9.17, 15) is 4.79 Å². The van der Waals surface area contributed by atoms with E-state index in [-0.39, 0.29) is 18.2 Å². The van der Waals surface area contributed by atoms with Crippen LogP contribution in [0.2, 0.25) is 0 Å². The standard InChI is InChI=1S/C12H16BrNO2/c1-7(2)9-4-8(13)5-10(11(15)6-14)12(9)16-3/h4-5,7H,6,14H2,1-3H3. The molecule has 1 aromatic carbocycles. The molecule has 88 valence electrons. The van der Waals surface area contributed by atoms with Crippen molar-refractivity contribution in [3.8, 4) is 5.75 Å². The van der Waals surface area contributed by atoms with Crippen LogP contribution in [-0.4, -0.2) is 19.4 Å². The van der Waals surface area contributed by atoms with E-state index in [0.29, 0.717) is 11.3 Å². The number of halogens is 1. The van der Waals surface area contributed by atoms with Crippen LogP contribution in [0.1, 0.15) is 35.7 Å². The van der Waals surface area contributed by atoms with Crippen molar-refractivity contribution in [3.63, 3.8) is 0 Å². The van der Waals surface area contributed by atoms with Gasteiger partial charge in [-0.1, -0.05) is 29.8 Å². The molecule has 0 saturated carbocycles. The summed E-state index contributed by atoms with van der Waals surface area (Å²) in [5.41, 5.74) is 6.94. The number of Topliss-reactive ketones (excluding diaryl/α,β-unsaturated/α-hetero) is 1. The number of rotatable bonds is 4. The normalized spacial score (nSPS) is 10.6. The van der Waals surface area contributed by atoms with Crippen LogP contribution in [0.25, 0.3) is 0 Å². The van der Waals surface area contributed by atoms with Crippen LogP contribution in [0.4, 0.5) is 0 Å². The maximum Gasteiger partial charge on any atom is 0.180 e. The molecule has 0 aliphatic heterocycles. The van der Waals surface area contributed by atoms with Gasteiger partial charge >= 0.3 is 0 Å². The van der Waals surface area contributed by atoms with Gasteiger partial charge in [-0.3, -0.25) is 4.79 Å². The summed E-state index contributed by atoms with van der Waals surface area (Å²) in [5, 5.41) is 0. The van der Waals surface area contributed by atoms with E-state index < -0.39 is 0 Å². The van der Waals surface area contributed by atoms with Gasteiger partial charge in [0.25, 0.3) is 0 Å². The Morgan fingerprint density at radius 1 is 1.50 bits per heavy atom. The number of hydrogen-bond acceptors (Lipinski definition) is 3. The van der Waals surface area contributed by atoms with Crippen LogP contribution in [0.5, 0.6) is 5.75 Å². The van der Waals surface area contributed by atoms with Crippen molar-refractivity contribution in [1.82, 2.24) is 0 Å². The molecule has 0 spiro atoms. The van der Waals surface area contributed by atoms with Gasteiger partial charge in [0.2, 0.25) is 0 Å². The molecule has 0 aliphatic carbocycles. The van der Waals surface area contributed by atoms with E-state index in [1.807, 2.05) is 6.07 Å². The monoisotopic (exact) mass is 285 g/mol. The van der Waals surface area contributed by atoms with Gasteiger partial charge in [-0.05, 0) is 23.6 Å². The summed E-state index contributed by atoms with van der Waals surface area (Å²) in [6.07, 6.45) is 0. The summed E-state index contributed by atoms with van der Waals surface area (Å²) in [6.45, 7) is 4.10. The molecule has 0 fully saturated rings. The number of ketones is 1. The lowest BCUT2D eigenvalue weighted by atomic mass is 9.97. The van der Waals surface area contributed by atoms with Crippen molar-refractivity contribution in [3.05, 3.63) is 27.7 Å². The lowest BCUT2D eigenvalue weighted by molar-refractivity contribution is 0.0998. The summed E-state index contributed by atoms with van der Waals surface area (Å²) in [6, 6.07) is 3.72. The van der Waals surface area contributed by atoms with Gasteiger partial charge in [-0.2, -0.15) is 0 Å². The maximum absolute atomic E-state index is 11.7. The van der Waals surface area contributed by atoms with Crippen LogP contribution in [-0.2, 0) is 0 Å². The minimum atomic E-state index is -0.111. The molecule has 4 heteroatoms. The predicted molar refractivity (Wildman–Crippen MR) is 68.2 cm³/mol. The van der Waals surface area contributed by atoms with Gasteiger partial charge in [-0.15, -0.1) is 0 Å². The molecule has 0 amide bonds. The van der Waals surface area contributed by atoms with Crippen molar-refractivity contribution in [2.75, 3.05) is 13.7 Å². The second-order valence-corrected chi connectivity index (χ2v) is 4.77. The molecule has 1 aromatic rings. The highest BCUT2D eigenvalue weighted by molar-refractivity contribution is 9.10. The lowest BCUT2D eigenvalue weighted by Gasteiger charge is -2.15. The van der Waals surface area contributed by atoms with Crippen LogP contribution >= 0.6 is 15.9 Å². The predicted octanol–water partition coefficient (Wildman–Crippen LogP) is 2.72. The maximum atomic E-state index is 11.7. The third-order valence-corrected chi connectivity index (χ3v) is 2.85. The largest absolute Gasteiger partial charge is 0.496 e. The average molecular weight is 286 g/mol. The van der Waals surface area contributed by atoms with Crippen molar-refractivity contribution < 1.29 is 9.53 Å². The van der Waals surface area contributed by atoms with Crippen LogP contribution in [0.3, 0.4) is 0 Å². The molecule has 0 radical (unpaired) electrons. The second kappa shape index (κ2) is 5.46. The first-order chi connectivity index (χ1) is 7.51. The first kappa shape index (κ1) is 13.2. The Morgan fingerprint density at radius 2 is 2.12 bits per heavy atom. The van der Waals surface area contributed by atoms with E-state index >= 15 is 0 Å². The molecule has 3 nitrogen and oxygen atoms in total. The smallest absolute Gasteiger partial charge is 0.180 e. The molecule has 0 bridgehead atoms. The van der Waals surface area contributed by atoms with Gasteiger partial charge < -0.3 is 10.5 Å². The Labute approximate surface area is 104 Å². The number of carbonyl (C=O) groups excluding carboxylic acids is 1. The van der Waals surface area contributed by atoms with E-state index in [4.69, 9.17) is 10.5 Å². The fourth-order valence-corrected chi connectivity index (χ4v) is 2.06. The van der Waals surface area contributed by atoms with Crippen LogP contribution < -0.4 is 10.5 Å². The third-order valence-electron chi connectivity index (χ3n) is 2.39. The van der Waals surface area contributed by atoms with Gasteiger partial charge in [0, 0.05) is 4.47 Å². The van der Waals surface area contributed by atoms with E-state index in [1.54, 1.807) is 13.2 Å². The summed E-state index contributed by atoms with van der Waals surface area (Å²) < 4.78 is 6.19. The van der Waals surface area contributed by atoms with E-state index in [0.717, 1.165) is 10.0 Å². The molecular formula is C12H16BrNO2. The summed E-state index contributed by atoms with van der Waals surface area (Å²) in [5.74, 6) is 0.811. The molecular weight excluding hydrogens is 270 g/mol. The Bertz CT molecular complexity index is 402. The van der Waals surface area contributed by atoms with Crippen molar-refractivity contribution in [2.45, 2.75) is 19.8 Å². The molecule has 0 saturated heterocycles. The van der Waals surface area contributed by atoms with E-state index in [1.165, 1.54) is 0 Å². The van der Waals surface area contributed by atoms with E-state index in [2.05, 4.69) is 29.8 Å². The minimum Gasteiger partial charge on any atom is -0.496 e. The summed E-state index contributed by atoms with van der Waals surface area (Å²) in [7, 11) is 1.57. The van der Waals surface area contributed by atoms with Crippen molar-refractivity contribution in [1.29, 1.82) is 0 Å². The molecule has 0 aliphatic rings. The average Bonchev–Trinajstić information content (AvgIpc) is 2.26. The Morgan fingerprint density at radius 3 is 2.56 bits per heavy atom. The fraction of sp³-hybridized carbons (Fsp3) is 0.417. The number of carbonyl (C=O) groups is 1. The Hall–Kier alpha value is -0.870. The summed E-state index contributed by atoms with van der Waals surface area (Å²) in [4.78, 5) is 11.7. The zero-order valence-corrected chi connectivity index (χ0v) is 11.3. The highest BCUT2D eigenvalue weighted by Gasteiger charge is 2.17. The topological polar surface area (TPSA) is 52.3 Å². The lowest BCUT2D eigenvalue weighted by Crippen LogP contribution is -2.15. The Kier molecular flexibility index (Phi) is 4.50. The first-order valence-corrected chi connectivity index (χ1v) is 5.91. The van der Waals surface area contributed by atoms with Gasteiger partial charge in [0.15, 0.2) is 5.78 Å². The van der Waals surface area contributed by atoms with Gasteiger partial charge in [-0.25, -0.2) is 0 Å². The molecule has 0 aromatic heterocycles. The van der Waals surface area contributed by atoms with Crippen molar-refractivity contribution in [2.24, 2.45) is 5.73 Å². The third kappa shape index (κ3) is 2.62. The quantitative estimate of drug-likeness (QED) is 0.866. The summed E-state index contributed by atoms with van der Waals surface area (Å²) >= 11 is 3.39. The minimum absolute atomic E-state index is 0.00957. The first-order valence-electron chi connectivity index (χ1n) is 5.12. The molecule has 16 heavy (non-hydrogen) atoms. The molecule has 0 atom stereocenters. The number of benzene rings is 1.